The van der Waals surface area contributed by atoms with Crippen LogP contribution < -0.4 is 0 Å². The van der Waals surface area contributed by atoms with E-state index in [9.17, 15) is 23.4 Å². The maximum absolute atomic E-state index is 13.3. The smallest absolute Gasteiger partial charge is 0.167 e. The molecule has 5 nitrogen and oxygen atoms in total. The highest BCUT2D eigenvalue weighted by molar-refractivity contribution is 5.24. The van der Waals surface area contributed by atoms with Crippen molar-refractivity contribution < 1.29 is 23.4 Å². The molecular weight excluding hydrogens is 251 g/mol. The van der Waals surface area contributed by atoms with Crippen LogP contribution in [-0.4, -0.2) is 22.9 Å². The lowest BCUT2D eigenvalue weighted by Gasteiger charge is -2.18. The second-order valence-corrected chi connectivity index (χ2v) is 3.51. The summed E-state index contributed by atoms with van der Waals surface area (Å²) >= 11 is 0. The molecule has 0 saturated heterocycles. The quantitative estimate of drug-likeness (QED) is 0.368. The Morgan fingerprint density at radius 2 is 1.83 bits per heavy atom. The number of aliphatic hydroxyl groups excluding tert-OH is 2. The van der Waals surface area contributed by atoms with Gasteiger partial charge in [0.15, 0.2) is 11.6 Å². The normalized spacial score (nSPS) is 13.8. The largest absolute Gasteiger partial charge is 0.390 e. The van der Waals surface area contributed by atoms with Crippen LogP contribution in [0.1, 0.15) is 18.1 Å². The molecule has 2 unspecified atom stereocenters. The topological polar surface area (TPSA) is 89.2 Å². The molecule has 98 valence electrons. The summed E-state index contributed by atoms with van der Waals surface area (Å²) in [7, 11) is 0. The van der Waals surface area contributed by atoms with Crippen LogP contribution in [0.5, 0.6) is 0 Å². The molecule has 0 bridgehead atoms. The summed E-state index contributed by atoms with van der Waals surface area (Å²) in [5.74, 6) is -4.04. The number of benzene rings is 1. The maximum Gasteiger partial charge on any atom is 0.167 e. The van der Waals surface area contributed by atoms with Gasteiger partial charge in [0, 0.05) is 11.5 Å². The fraction of sp³-hybridized carbons (Fsp3) is 0.400. The number of halogens is 3. The number of azide groups is 1. The summed E-state index contributed by atoms with van der Waals surface area (Å²) in [4.78, 5) is 2.41. The van der Waals surface area contributed by atoms with Crippen molar-refractivity contribution in [3.05, 3.63) is 45.6 Å². The monoisotopic (exact) mass is 261 g/mol. The van der Waals surface area contributed by atoms with Gasteiger partial charge in [0.1, 0.15) is 11.9 Å². The number of hydrogen-bond donors (Lipinski definition) is 2. The molecule has 0 spiro atoms. The first kappa shape index (κ1) is 14.3. The van der Waals surface area contributed by atoms with E-state index in [4.69, 9.17) is 5.53 Å². The summed E-state index contributed by atoms with van der Waals surface area (Å²) in [6.07, 6.45) is -3.71. The highest BCUT2D eigenvalue weighted by atomic mass is 19.2. The van der Waals surface area contributed by atoms with E-state index in [2.05, 4.69) is 10.0 Å². The third-order valence-electron chi connectivity index (χ3n) is 2.33. The molecule has 0 aromatic heterocycles. The second-order valence-electron chi connectivity index (χ2n) is 3.51. The van der Waals surface area contributed by atoms with E-state index in [-0.39, 0.29) is 13.0 Å². The highest BCUT2D eigenvalue weighted by Crippen LogP contribution is 2.26. The van der Waals surface area contributed by atoms with Crippen LogP contribution in [0.25, 0.3) is 10.4 Å². The first-order valence-electron chi connectivity index (χ1n) is 4.99. The number of hydrogen-bond acceptors (Lipinski definition) is 3. The Bertz CT molecular complexity index is 478. The van der Waals surface area contributed by atoms with Gasteiger partial charge in [-0.3, -0.25) is 0 Å². The molecule has 0 saturated carbocycles. The van der Waals surface area contributed by atoms with Gasteiger partial charge < -0.3 is 10.2 Å². The summed E-state index contributed by atoms with van der Waals surface area (Å²) < 4.78 is 39.5. The molecule has 0 heterocycles. The minimum Gasteiger partial charge on any atom is -0.390 e. The lowest BCUT2D eigenvalue weighted by molar-refractivity contribution is 0.0104. The third kappa shape index (κ3) is 3.13. The number of rotatable bonds is 5. The Kier molecular flexibility index (Phi) is 4.96. The Morgan fingerprint density at radius 1 is 1.22 bits per heavy atom. The van der Waals surface area contributed by atoms with Crippen molar-refractivity contribution in [1.82, 2.24) is 0 Å². The van der Waals surface area contributed by atoms with Crippen molar-refractivity contribution in [3.63, 3.8) is 0 Å². The van der Waals surface area contributed by atoms with Crippen molar-refractivity contribution in [2.45, 2.75) is 18.6 Å². The minimum absolute atomic E-state index is 0.159. The fourth-order valence-corrected chi connectivity index (χ4v) is 1.40. The minimum atomic E-state index is -1.94. The van der Waals surface area contributed by atoms with Gasteiger partial charge in [-0.25, -0.2) is 13.2 Å². The molecule has 0 aliphatic heterocycles. The lowest BCUT2D eigenvalue weighted by Crippen LogP contribution is -2.21. The summed E-state index contributed by atoms with van der Waals surface area (Å²) in [5.41, 5.74) is 7.06. The van der Waals surface area contributed by atoms with Crippen LogP contribution >= 0.6 is 0 Å². The summed E-state index contributed by atoms with van der Waals surface area (Å²) in [6.45, 7) is -0.159. The van der Waals surface area contributed by atoms with Crippen molar-refractivity contribution in [3.8, 4) is 0 Å². The average molecular weight is 261 g/mol. The molecule has 2 atom stereocenters. The van der Waals surface area contributed by atoms with Gasteiger partial charge in [-0.1, -0.05) is 5.11 Å². The summed E-state index contributed by atoms with van der Waals surface area (Å²) in [5, 5.41) is 22.1. The molecule has 0 radical (unpaired) electrons. The van der Waals surface area contributed by atoms with Crippen LogP contribution in [0.2, 0.25) is 0 Å². The molecule has 0 aliphatic rings. The Hall–Kier alpha value is -1.76. The molecule has 1 aromatic carbocycles. The van der Waals surface area contributed by atoms with Gasteiger partial charge in [0.25, 0.3) is 0 Å². The van der Waals surface area contributed by atoms with Gasteiger partial charge in [0.2, 0.25) is 0 Å². The Morgan fingerprint density at radius 3 is 2.44 bits per heavy atom. The van der Waals surface area contributed by atoms with Crippen LogP contribution in [0.3, 0.4) is 0 Å². The highest BCUT2D eigenvalue weighted by Gasteiger charge is 2.26. The van der Waals surface area contributed by atoms with E-state index >= 15 is 0 Å². The van der Waals surface area contributed by atoms with Gasteiger partial charge >= 0.3 is 0 Å². The molecule has 18 heavy (non-hydrogen) atoms. The maximum atomic E-state index is 13.3. The van der Waals surface area contributed by atoms with Crippen LogP contribution in [0.4, 0.5) is 13.2 Å². The van der Waals surface area contributed by atoms with E-state index < -0.39 is 35.2 Å². The van der Waals surface area contributed by atoms with Gasteiger partial charge in [0.05, 0.1) is 11.7 Å². The zero-order valence-corrected chi connectivity index (χ0v) is 9.09. The van der Waals surface area contributed by atoms with Crippen LogP contribution in [0.15, 0.2) is 17.2 Å². The van der Waals surface area contributed by atoms with E-state index in [1.54, 1.807) is 0 Å². The van der Waals surface area contributed by atoms with Crippen molar-refractivity contribution in [2.75, 3.05) is 6.54 Å². The molecule has 0 fully saturated rings. The fourth-order valence-electron chi connectivity index (χ4n) is 1.40. The molecule has 0 amide bonds. The second kappa shape index (κ2) is 6.25. The van der Waals surface area contributed by atoms with Crippen molar-refractivity contribution in [1.29, 1.82) is 0 Å². The zero-order chi connectivity index (χ0) is 13.7. The Balaban J connectivity index is 2.92. The summed E-state index contributed by atoms with van der Waals surface area (Å²) in [6, 6.07) is 1.23. The molecular formula is C10H10F3N3O2. The molecule has 1 aromatic rings. The average Bonchev–Trinajstić information content (AvgIpc) is 2.34. The third-order valence-corrected chi connectivity index (χ3v) is 2.33. The van der Waals surface area contributed by atoms with Crippen molar-refractivity contribution >= 4 is 0 Å². The van der Waals surface area contributed by atoms with Crippen LogP contribution in [-0.2, 0) is 0 Å². The molecule has 1 rings (SSSR count). The first-order valence-corrected chi connectivity index (χ1v) is 4.99. The van der Waals surface area contributed by atoms with Crippen molar-refractivity contribution in [2.24, 2.45) is 5.11 Å². The standard InChI is InChI=1S/C10H10F3N3O2/c11-5-1-2-6(12)9(13)8(5)10(18)7(17)3-4-15-16-14/h1-2,7,10,17-18H,3-4H2. The van der Waals surface area contributed by atoms with Crippen LogP contribution in [0, 0.1) is 17.5 Å². The SMILES string of the molecule is [N-]=[N+]=NCCC(O)C(O)c1c(F)ccc(F)c1F. The molecule has 8 heteroatoms. The van der Waals surface area contributed by atoms with Gasteiger partial charge in [-0.15, -0.1) is 0 Å². The first-order chi connectivity index (χ1) is 8.49. The van der Waals surface area contributed by atoms with E-state index in [0.717, 1.165) is 0 Å². The van der Waals surface area contributed by atoms with E-state index in [0.29, 0.717) is 12.1 Å². The number of nitrogens with zero attached hydrogens (tertiary/aromatic N) is 3. The predicted molar refractivity (Wildman–Crippen MR) is 55.9 cm³/mol. The molecule has 2 N–H and O–H groups in total. The number of aliphatic hydroxyl groups is 2. The van der Waals surface area contributed by atoms with Gasteiger partial charge in [-0.2, -0.15) is 0 Å². The van der Waals surface area contributed by atoms with E-state index in [1.165, 1.54) is 0 Å². The lowest BCUT2D eigenvalue weighted by atomic mass is 10.0. The van der Waals surface area contributed by atoms with Gasteiger partial charge in [-0.05, 0) is 24.1 Å². The molecule has 0 aliphatic carbocycles. The predicted octanol–water partition coefficient (Wildman–Crippen LogP) is 2.20. The zero-order valence-electron chi connectivity index (χ0n) is 9.09. The van der Waals surface area contributed by atoms with E-state index in [1.807, 2.05) is 0 Å². The Labute approximate surface area is 100 Å².